The van der Waals surface area contributed by atoms with E-state index in [9.17, 15) is 0 Å². The average Bonchev–Trinajstić information content (AvgIpc) is 3.93. The molecule has 7 rings (SSSR count). The predicted octanol–water partition coefficient (Wildman–Crippen LogP) is 22.3. The molecule has 0 fully saturated rings. The Morgan fingerprint density at radius 2 is 0.623 bits per heavy atom. The minimum Gasteiger partial charge on any atom is -0.149 e. The molecule has 7 aromatic rings. The van der Waals surface area contributed by atoms with Crippen LogP contribution in [0.25, 0.3) is 21.5 Å². The molecule has 2 aromatic heterocycles. The molecule has 0 nitrogen and oxygen atoms in total. The van der Waals surface area contributed by atoms with Gasteiger partial charge in [0.2, 0.25) is 0 Å². The Hall–Kier alpha value is -3.98. The van der Waals surface area contributed by atoms with E-state index in [-0.39, 0.29) is 0 Å². The molecular formula is C59H98S2. The van der Waals surface area contributed by atoms with Crippen molar-refractivity contribution in [3.8, 4) is 0 Å². The number of hydrogen-bond donors (Lipinski definition) is 0. The van der Waals surface area contributed by atoms with E-state index in [0.29, 0.717) is 0 Å². The second kappa shape index (κ2) is 58.1. The van der Waals surface area contributed by atoms with Crippen molar-refractivity contribution in [1.29, 1.82) is 0 Å². The molecule has 0 radical (unpaired) electrons. The summed E-state index contributed by atoms with van der Waals surface area (Å²) in [5.41, 5.74) is 6.81. The van der Waals surface area contributed by atoms with Crippen molar-refractivity contribution in [3.63, 3.8) is 0 Å². The first-order valence-corrected chi connectivity index (χ1v) is 25.4. The van der Waals surface area contributed by atoms with E-state index in [1.54, 1.807) is 22.7 Å². The van der Waals surface area contributed by atoms with Crippen LogP contribution in [-0.2, 0) is 0 Å². The normalized spacial score (nSPS) is 7.75. The van der Waals surface area contributed by atoms with Gasteiger partial charge in [0.25, 0.3) is 0 Å². The maximum atomic E-state index is 2.20. The SMILES string of the molecule is CC.CC.CC.CC.CC.CC.CC.CC.CC.Cc1ccc2ccccc2c1.Cc1cccc2ccccc12.Cc1ccccc1.Cc1ccsc1C.Cc1ccsc1C. The fraction of sp³-hybridized carbons (Fsp3) is 0.424. The van der Waals surface area contributed by atoms with Crippen LogP contribution >= 0.6 is 22.7 Å². The van der Waals surface area contributed by atoms with Gasteiger partial charge in [0.05, 0.1) is 0 Å². The standard InChI is InChI=1S/2C11H10.C7H8.2C6H8S.9C2H6/c1-9-5-4-7-10-6-2-3-8-11(9)10;1-9-6-7-10-4-2-3-5-11(10)8-9;1-7-5-3-2-4-6-7;2*1-5-3-4-7-6(5)2;9*1-2/h2*2-8H,1H3;2-6H,1H3;2*3-4H,1-2H3;9*1-2H3. The molecule has 0 bridgehead atoms. The van der Waals surface area contributed by atoms with E-state index in [1.165, 1.54) is 59.1 Å². The minimum absolute atomic E-state index is 1.32. The molecular weight excluding hydrogens is 773 g/mol. The van der Waals surface area contributed by atoms with Gasteiger partial charge in [-0.25, -0.2) is 0 Å². The summed E-state index contributed by atoms with van der Waals surface area (Å²) in [5.74, 6) is 0. The fourth-order valence-electron chi connectivity index (χ4n) is 4.13. The molecule has 0 aliphatic rings. The van der Waals surface area contributed by atoms with E-state index in [1.807, 2.05) is 143 Å². The summed E-state index contributed by atoms with van der Waals surface area (Å²) in [6, 6.07) is 44.3. The van der Waals surface area contributed by atoms with Crippen LogP contribution in [-0.4, -0.2) is 0 Å². The molecule has 2 heterocycles. The third-order valence-electron chi connectivity index (χ3n) is 7.09. The number of hydrogen-bond acceptors (Lipinski definition) is 2. The maximum Gasteiger partial charge on any atom is 0.00433 e. The second-order valence-corrected chi connectivity index (χ2v) is 12.9. The Balaban J connectivity index is -0.000000110. The van der Waals surface area contributed by atoms with Crippen LogP contribution in [0.2, 0.25) is 0 Å². The van der Waals surface area contributed by atoms with E-state index in [0.717, 1.165) is 0 Å². The number of rotatable bonds is 0. The maximum absolute atomic E-state index is 2.20. The molecule has 0 amide bonds. The predicted molar refractivity (Wildman–Crippen MR) is 298 cm³/mol. The molecule has 0 saturated carbocycles. The number of thiophene rings is 2. The lowest BCUT2D eigenvalue weighted by atomic mass is 10.1. The molecule has 0 saturated heterocycles. The van der Waals surface area contributed by atoms with Crippen LogP contribution in [0.15, 0.2) is 138 Å². The van der Waals surface area contributed by atoms with Crippen LogP contribution in [0.4, 0.5) is 0 Å². The highest BCUT2D eigenvalue weighted by molar-refractivity contribution is 7.10. The van der Waals surface area contributed by atoms with E-state index in [2.05, 4.69) is 168 Å². The van der Waals surface area contributed by atoms with Gasteiger partial charge in [0.15, 0.2) is 0 Å². The van der Waals surface area contributed by atoms with Gasteiger partial charge in [-0.15, -0.1) is 22.7 Å². The molecule has 0 unspecified atom stereocenters. The highest BCUT2D eigenvalue weighted by Gasteiger charge is 1.92. The first-order valence-electron chi connectivity index (χ1n) is 23.7. The van der Waals surface area contributed by atoms with Crippen molar-refractivity contribution in [2.24, 2.45) is 0 Å². The van der Waals surface area contributed by atoms with Gasteiger partial charge in [0, 0.05) is 9.75 Å². The Bertz CT molecular complexity index is 1710. The summed E-state index contributed by atoms with van der Waals surface area (Å²) in [4.78, 5) is 2.86. The van der Waals surface area contributed by atoms with Crippen LogP contribution in [0.3, 0.4) is 0 Å². The van der Waals surface area contributed by atoms with Crippen LogP contribution in [0.1, 0.15) is 162 Å². The van der Waals surface area contributed by atoms with Crippen molar-refractivity contribution in [3.05, 3.63) is 176 Å². The third-order valence-corrected chi connectivity index (χ3v) is 8.98. The molecule has 0 aliphatic carbocycles. The van der Waals surface area contributed by atoms with Crippen molar-refractivity contribution in [1.82, 2.24) is 0 Å². The van der Waals surface area contributed by atoms with Gasteiger partial charge in [-0.05, 0) is 110 Å². The topological polar surface area (TPSA) is 0 Å². The van der Waals surface area contributed by atoms with Crippen LogP contribution in [0.5, 0.6) is 0 Å². The molecule has 0 N–H and O–H groups in total. The number of aryl methyl sites for hydroxylation is 7. The second-order valence-electron chi connectivity index (χ2n) is 10.6. The quantitative estimate of drug-likeness (QED) is 0.142. The summed E-state index contributed by atoms with van der Waals surface area (Å²) in [5, 5.41) is 9.56. The largest absolute Gasteiger partial charge is 0.149 e. The monoisotopic (exact) mass is 871 g/mol. The Kier molecular flexibility index (Phi) is 68.1. The summed E-state index contributed by atoms with van der Waals surface area (Å²) in [6.07, 6.45) is 0. The zero-order valence-electron chi connectivity index (χ0n) is 44.6. The zero-order valence-corrected chi connectivity index (χ0v) is 46.2. The highest BCUT2D eigenvalue weighted by atomic mass is 32.1. The molecule has 0 spiro atoms. The smallest absolute Gasteiger partial charge is 0.00433 e. The lowest BCUT2D eigenvalue weighted by molar-refractivity contribution is 1.44. The summed E-state index contributed by atoms with van der Waals surface area (Å²) < 4.78 is 0. The minimum atomic E-state index is 1.32. The Morgan fingerprint density at radius 1 is 0.262 bits per heavy atom. The van der Waals surface area contributed by atoms with Gasteiger partial charge in [-0.1, -0.05) is 251 Å². The van der Waals surface area contributed by atoms with Crippen molar-refractivity contribution in [2.75, 3.05) is 0 Å². The van der Waals surface area contributed by atoms with Gasteiger partial charge in [0.1, 0.15) is 0 Å². The molecule has 0 aliphatic heterocycles. The lowest BCUT2D eigenvalue weighted by Crippen LogP contribution is -1.75. The molecule has 0 atom stereocenters. The van der Waals surface area contributed by atoms with Gasteiger partial charge in [-0.3, -0.25) is 0 Å². The molecule has 5 aromatic carbocycles. The van der Waals surface area contributed by atoms with Gasteiger partial charge in [-0.2, -0.15) is 0 Å². The molecule has 346 valence electrons. The molecule has 61 heavy (non-hydrogen) atoms. The molecule has 2 heteroatoms. The number of benzene rings is 5. The average molecular weight is 872 g/mol. The third kappa shape index (κ3) is 38.7. The summed E-state index contributed by atoms with van der Waals surface area (Å²) in [7, 11) is 0. The zero-order chi connectivity index (χ0) is 49.0. The van der Waals surface area contributed by atoms with Crippen molar-refractivity contribution < 1.29 is 0 Å². The lowest BCUT2D eigenvalue weighted by Gasteiger charge is -1.98. The van der Waals surface area contributed by atoms with Crippen LogP contribution < -0.4 is 0 Å². The van der Waals surface area contributed by atoms with Gasteiger partial charge >= 0.3 is 0 Å². The van der Waals surface area contributed by atoms with E-state index >= 15 is 0 Å². The first-order chi connectivity index (χ1) is 29.7. The van der Waals surface area contributed by atoms with Gasteiger partial charge < -0.3 is 0 Å². The fourth-order valence-corrected chi connectivity index (χ4v) is 5.59. The first kappa shape index (κ1) is 71.5. The Morgan fingerprint density at radius 3 is 0.951 bits per heavy atom. The van der Waals surface area contributed by atoms with E-state index < -0.39 is 0 Å². The van der Waals surface area contributed by atoms with Crippen molar-refractivity contribution >= 4 is 44.2 Å². The van der Waals surface area contributed by atoms with E-state index in [4.69, 9.17) is 0 Å². The van der Waals surface area contributed by atoms with Crippen molar-refractivity contribution in [2.45, 2.75) is 173 Å². The Labute approximate surface area is 391 Å². The number of fused-ring (bicyclic) bond motifs is 2. The van der Waals surface area contributed by atoms with Crippen LogP contribution in [0, 0.1) is 48.5 Å². The summed E-state index contributed by atoms with van der Waals surface area (Å²) in [6.45, 7) is 50.9. The summed E-state index contributed by atoms with van der Waals surface area (Å²) >= 11 is 3.61. The highest BCUT2D eigenvalue weighted by Crippen LogP contribution is 2.17.